The van der Waals surface area contributed by atoms with Crippen molar-refractivity contribution in [3.8, 4) is 0 Å². The lowest BCUT2D eigenvalue weighted by molar-refractivity contribution is -0.384. The topological polar surface area (TPSA) is 81.8 Å². The summed E-state index contributed by atoms with van der Waals surface area (Å²) in [4.78, 5) is 26.2. The van der Waals surface area contributed by atoms with E-state index in [-0.39, 0.29) is 17.3 Å². The third kappa shape index (κ3) is 4.27. The van der Waals surface area contributed by atoms with E-state index >= 15 is 0 Å². The van der Waals surface area contributed by atoms with Gasteiger partial charge in [0, 0.05) is 22.7 Å². The predicted octanol–water partition coefficient (Wildman–Crippen LogP) is 4.37. The van der Waals surface area contributed by atoms with Crippen molar-refractivity contribution in [1.29, 1.82) is 0 Å². The molecule has 0 bridgehead atoms. The quantitative estimate of drug-likeness (QED) is 0.331. The number of rotatable bonds is 4. The molecule has 1 aliphatic heterocycles. The highest BCUT2D eigenvalue weighted by Gasteiger charge is 2.21. The fourth-order valence-electron chi connectivity index (χ4n) is 2.09. The number of carbonyl (C=O) groups excluding carboxylic acids is 1. The monoisotopic (exact) mass is 398 g/mol. The van der Waals surface area contributed by atoms with Crippen molar-refractivity contribution in [2.45, 2.75) is 0 Å². The Labute approximate surface area is 151 Å². The second kappa shape index (κ2) is 7.23. The van der Waals surface area contributed by atoms with Gasteiger partial charge in [0.15, 0.2) is 5.70 Å². The first-order valence-corrected chi connectivity index (χ1v) is 8.01. The third-order valence-electron chi connectivity index (χ3n) is 3.33. The first-order valence-electron chi connectivity index (χ1n) is 7.22. The van der Waals surface area contributed by atoms with Crippen molar-refractivity contribution in [1.82, 2.24) is 0 Å². The molecule has 0 unspecified atom stereocenters. The lowest BCUT2D eigenvalue weighted by Crippen LogP contribution is -2.01. The molecule has 3 rings (SSSR count). The number of hydrogen-bond donors (Lipinski definition) is 0. The van der Waals surface area contributed by atoms with Crippen LogP contribution in [0.2, 0.25) is 0 Å². The number of carbonyl (C=O) groups is 1. The Morgan fingerprint density at radius 2 is 1.64 bits per heavy atom. The first-order chi connectivity index (χ1) is 12.0. The minimum absolute atomic E-state index is 0.0153. The second-order valence-corrected chi connectivity index (χ2v) is 6.02. The Morgan fingerprint density at radius 3 is 2.28 bits per heavy atom. The van der Waals surface area contributed by atoms with Crippen molar-refractivity contribution in [3.05, 3.63) is 86.0 Å². The molecule has 2 aromatic rings. The Balaban J connectivity index is 1.75. The van der Waals surface area contributed by atoms with Crippen molar-refractivity contribution in [3.63, 3.8) is 0 Å². The summed E-state index contributed by atoms with van der Waals surface area (Å²) in [6.45, 7) is 0. The molecule has 124 valence electrons. The number of nitrogens with zero attached hydrogens (tertiary/aromatic N) is 2. The minimum atomic E-state index is -0.522. The van der Waals surface area contributed by atoms with Gasteiger partial charge in [0.25, 0.3) is 5.69 Å². The first kappa shape index (κ1) is 16.8. The van der Waals surface area contributed by atoms with E-state index in [0.717, 1.165) is 15.6 Å². The van der Waals surface area contributed by atoms with Crippen LogP contribution in [0.4, 0.5) is 5.69 Å². The molecule has 0 saturated carbocycles. The molecule has 0 aliphatic carbocycles. The zero-order valence-electron chi connectivity index (χ0n) is 12.8. The SMILES string of the molecule is O=C1OC(C=Cc2ccc([N+](=O)[O-])cc2)=NC1=Cc1ccc(Br)cc1. The largest absolute Gasteiger partial charge is 0.403 e. The second-order valence-electron chi connectivity index (χ2n) is 5.10. The van der Waals surface area contributed by atoms with Crippen molar-refractivity contribution in [2.24, 2.45) is 4.99 Å². The van der Waals surface area contributed by atoms with Crippen LogP contribution in [0.15, 0.2) is 69.8 Å². The molecule has 0 radical (unpaired) electrons. The number of halogens is 1. The molecule has 0 N–H and O–H groups in total. The van der Waals surface area contributed by atoms with E-state index in [2.05, 4.69) is 20.9 Å². The minimum Gasteiger partial charge on any atom is -0.403 e. The van der Waals surface area contributed by atoms with Gasteiger partial charge in [-0.05, 0) is 47.5 Å². The van der Waals surface area contributed by atoms with Gasteiger partial charge in [-0.2, -0.15) is 0 Å². The number of nitro benzene ring substituents is 1. The molecule has 1 heterocycles. The average Bonchev–Trinajstić information content (AvgIpc) is 2.95. The van der Waals surface area contributed by atoms with Crippen LogP contribution in [0.3, 0.4) is 0 Å². The summed E-state index contributed by atoms with van der Waals surface area (Å²) >= 11 is 3.35. The van der Waals surface area contributed by atoms with Gasteiger partial charge in [0.2, 0.25) is 5.90 Å². The molecule has 0 fully saturated rings. The fourth-order valence-corrected chi connectivity index (χ4v) is 2.35. The van der Waals surface area contributed by atoms with Gasteiger partial charge in [-0.3, -0.25) is 10.1 Å². The highest BCUT2D eigenvalue weighted by atomic mass is 79.9. The van der Waals surface area contributed by atoms with Crippen LogP contribution in [0.5, 0.6) is 0 Å². The Hall–Kier alpha value is -3.06. The summed E-state index contributed by atoms with van der Waals surface area (Å²) in [5.74, 6) is -0.349. The normalized spacial score (nSPS) is 15.5. The van der Waals surface area contributed by atoms with E-state index in [4.69, 9.17) is 4.74 Å². The molecule has 0 amide bonds. The molecule has 6 nitrogen and oxygen atoms in total. The van der Waals surface area contributed by atoms with Crippen molar-refractivity contribution >= 4 is 45.6 Å². The van der Waals surface area contributed by atoms with Crippen molar-refractivity contribution < 1.29 is 14.5 Å². The van der Waals surface area contributed by atoms with E-state index in [0.29, 0.717) is 0 Å². The maximum absolute atomic E-state index is 11.9. The van der Waals surface area contributed by atoms with E-state index in [1.807, 2.05) is 24.3 Å². The molecule has 25 heavy (non-hydrogen) atoms. The summed E-state index contributed by atoms with van der Waals surface area (Å²) in [5, 5.41) is 10.6. The molecule has 7 heteroatoms. The van der Waals surface area contributed by atoms with Gasteiger partial charge >= 0.3 is 5.97 Å². The number of benzene rings is 2. The number of cyclic esters (lactones) is 1. The van der Waals surface area contributed by atoms with Crippen LogP contribution < -0.4 is 0 Å². The van der Waals surface area contributed by atoms with E-state index < -0.39 is 10.9 Å². The number of non-ortho nitro benzene ring substituents is 1. The van der Waals surface area contributed by atoms with Gasteiger partial charge in [-0.15, -0.1) is 0 Å². The average molecular weight is 399 g/mol. The zero-order chi connectivity index (χ0) is 17.8. The van der Waals surface area contributed by atoms with Gasteiger partial charge in [0.1, 0.15) is 0 Å². The predicted molar refractivity (Wildman–Crippen MR) is 97.8 cm³/mol. The van der Waals surface area contributed by atoms with Gasteiger partial charge in [-0.1, -0.05) is 28.1 Å². The maximum Gasteiger partial charge on any atom is 0.363 e. The van der Waals surface area contributed by atoms with E-state index in [9.17, 15) is 14.9 Å². The Kier molecular flexibility index (Phi) is 4.85. The molecule has 0 aromatic heterocycles. The lowest BCUT2D eigenvalue weighted by atomic mass is 10.2. The standard InChI is InChI=1S/C18H11BrN2O4/c19-14-6-1-13(2-7-14)11-16-18(22)25-17(20-16)10-5-12-3-8-15(9-4-12)21(23)24/h1-11H. The maximum atomic E-state index is 11.9. The molecular formula is C18H11BrN2O4. The summed E-state index contributed by atoms with van der Waals surface area (Å²) in [5.41, 5.74) is 1.79. The van der Waals surface area contributed by atoms with Gasteiger partial charge < -0.3 is 4.74 Å². The number of esters is 1. The van der Waals surface area contributed by atoms with Gasteiger partial charge in [0.05, 0.1) is 4.92 Å². The third-order valence-corrected chi connectivity index (χ3v) is 3.86. The Morgan fingerprint density at radius 1 is 1.00 bits per heavy atom. The molecule has 0 saturated heterocycles. The van der Waals surface area contributed by atoms with Crippen LogP contribution in [0.1, 0.15) is 11.1 Å². The number of hydrogen-bond acceptors (Lipinski definition) is 5. The number of nitro groups is 1. The smallest absolute Gasteiger partial charge is 0.363 e. The Bertz CT molecular complexity index is 913. The van der Waals surface area contributed by atoms with Crippen LogP contribution in [-0.2, 0) is 9.53 Å². The highest BCUT2D eigenvalue weighted by molar-refractivity contribution is 9.10. The summed E-state index contributed by atoms with van der Waals surface area (Å²) in [6, 6.07) is 13.4. The van der Waals surface area contributed by atoms with Crippen LogP contribution in [0, 0.1) is 10.1 Å². The van der Waals surface area contributed by atoms with Crippen LogP contribution in [-0.4, -0.2) is 16.8 Å². The molecule has 2 aromatic carbocycles. The van der Waals surface area contributed by atoms with Gasteiger partial charge in [-0.25, -0.2) is 9.79 Å². The van der Waals surface area contributed by atoms with Crippen LogP contribution in [0.25, 0.3) is 12.2 Å². The van der Waals surface area contributed by atoms with Crippen LogP contribution >= 0.6 is 15.9 Å². The summed E-state index contributed by atoms with van der Waals surface area (Å²) in [6.07, 6.45) is 4.85. The van der Waals surface area contributed by atoms with E-state index in [1.165, 1.54) is 12.1 Å². The number of ether oxygens (including phenoxy) is 1. The number of aliphatic imine (C=N–C) groups is 1. The van der Waals surface area contributed by atoms with E-state index in [1.54, 1.807) is 30.4 Å². The zero-order valence-corrected chi connectivity index (χ0v) is 14.3. The van der Waals surface area contributed by atoms with Crippen molar-refractivity contribution in [2.75, 3.05) is 0 Å². The molecule has 0 atom stereocenters. The molecular weight excluding hydrogens is 388 g/mol. The lowest BCUT2D eigenvalue weighted by Gasteiger charge is -1.94. The molecule has 1 aliphatic rings. The molecule has 0 spiro atoms. The fraction of sp³-hybridized carbons (Fsp3) is 0. The summed E-state index contributed by atoms with van der Waals surface area (Å²) < 4.78 is 6.04. The highest BCUT2D eigenvalue weighted by Crippen LogP contribution is 2.19. The summed E-state index contributed by atoms with van der Waals surface area (Å²) in [7, 11) is 0.